The van der Waals surface area contributed by atoms with Crippen molar-refractivity contribution in [3.8, 4) is 5.75 Å². The van der Waals surface area contributed by atoms with Gasteiger partial charge in [-0.3, -0.25) is 14.4 Å². The summed E-state index contributed by atoms with van der Waals surface area (Å²) >= 11 is 0. The van der Waals surface area contributed by atoms with Gasteiger partial charge in [-0.15, -0.1) is 0 Å². The molecule has 16 heteroatoms. The van der Waals surface area contributed by atoms with Crippen LogP contribution < -0.4 is 10.1 Å². The van der Waals surface area contributed by atoms with E-state index in [1.165, 1.54) is 24.1 Å². The monoisotopic (exact) mass is 1030 g/mol. The van der Waals surface area contributed by atoms with Crippen LogP contribution in [0.15, 0.2) is 71.9 Å². The Hall–Kier alpha value is -4.32. The number of allylic oxidation sites excluding steroid dienone is 6. The van der Waals surface area contributed by atoms with Crippen LogP contribution in [-0.4, -0.2) is 126 Å². The van der Waals surface area contributed by atoms with Gasteiger partial charge in [0, 0.05) is 50.4 Å². The number of rotatable bonds is 9. The van der Waals surface area contributed by atoms with Crippen molar-refractivity contribution in [2.24, 2.45) is 35.5 Å². The van der Waals surface area contributed by atoms with Gasteiger partial charge in [-0.2, -0.15) is 8.78 Å². The Morgan fingerprint density at radius 1 is 0.863 bits per heavy atom. The smallest absolute Gasteiger partial charge is 0.387 e. The predicted octanol–water partition coefficient (Wildman–Crippen LogP) is 9.07. The minimum absolute atomic E-state index is 0.0105. The number of carbonyl (C=O) groups excluding carboxylic acids is 4. The summed E-state index contributed by atoms with van der Waals surface area (Å²) < 4.78 is 55.1. The Bertz CT molecular complexity index is 2110. The molecule has 3 heterocycles. The summed E-state index contributed by atoms with van der Waals surface area (Å²) in [4.78, 5) is 58.5. The molecule has 73 heavy (non-hydrogen) atoms. The van der Waals surface area contributed by atoms with Crippen LogP contribution in [0.2, 0.25) is 0 Å². The van der Waals surface area contributed by atoms with Crippen LogP contribution in [0.5, 0.6) is 5.75 Å². The van der Waals surface area contributed by atoms with Crippen LogP contribution in [-0.2, 0) is 38.1 Å². The number of hydrogen-bond acceptors (Lipinski definition) is 13. The summed E-state index contributed by atoms with van der Waals surface area (Å²) in [6, 6.07) is 4.55. The predicted molar refractivity (Wildman–Crippen MR) is 274 cm³/mol. The van der Waals surface area contributed by atoms with Gasteiger partial charge in [0.1, 0.15) is 30.1 Å². The van der Waals surface area contributed by atoms with Gasteiger partial charge >= 0.3 is 12.6 Å². The van der Waals surface area contributed by atoms with Crippen molar-refractivity contribution in [1.82, 2.24) is 4.90 Å². The quantitative estimate of drug-likeness (QED) is 0.104. The molecule has 3 fully saturated rings. The SMILES string of the molecule is CO[C@@H]1C[C@@H](C[C@@H](C)[C@@H]2CC[C@H](C)/C=C(\C)[C@@H](O)[C@@H](OC)C(=O)[C@H](C)C[C@H](C)/C=C/C=C/C=C(\C)[C@@H](Nc3cccc(OC(F)F)c3)C[C@@H]3CC[C@@H](C)[C@@](O)(O3)C(=O)C(=O)N3CCCC[C@H]3C(=O)O2)CC[C@H]1O. The zero-order valence-electron chi connectivity index (χ0n) is 44.6. The van der Waals surface area contributed by atoms with Crippen LogP contribution in [0.3, 0.4) is 0 Å². The highest BCUT2D eigenvalue weighted by Crippen LogP contribution is 2.38. The van der Waals surface area contributed by atoms with Crippen molar-refractivity contribution in [2.45, 2.75) is 193 Å². The Labute approximate surface area is 431 Å². The Morgan fingerprint density at radius 2 is 1.62 bits per heavy atom. The van der Waals surface area contributed by atoms with E-state index in [0.717, 1.165) is 12.0 Å². The first-order chi connectivity index (χ1) is 34.6. The Kier molecular flexibility index (Phi) is 22.8. The fraction of sp³-hybridized carbons (Fsp3) is 0.684. The molecule has 2 saturated heterocycles. The highest BCUT2D eigenvalue weighted by molar-refractivity contribution is 6.39. The molecule has 0 aromatic heterocycles. The molecule has 5 rings (SSSR count). The number of piperidine rings is 1. The number of cyclic esters (lactones) is 1. The minimum Gasteiger partial charge on any atom is -0.461 e. The molecular formula is C57H84F2N2O12. The Balaban J connectivity index is 1.49. The lowest BCUT2D eigenvalue weighted by atomic mass is 9.78. The number of Topliss-reactive ketones (excluding diaryl/α,β-unsaturated/α-hetero) is 2. The van der Waals surface area contributed by atoms with Gasteiger partial charge in [0.25, 0.3) is 11.7 Å². The Morgan fingerprint density at radius 3 is 2.33 bits per heavy atom. The average molecular weight is 1030 g/mol. The maximum atomic E-state index is 14.5. The van der Waals surface area contributed by atoms with Crippen molar-refractivity contribution in [3.05, 3.63) is 71.9 Å². The molecule has 1 amide bonds. The van der Waals surface area contributed by atoms with Crippen LogP contribution in [0, 0.1) is 35.5 Å². The number of ketones is 2. The van der Waals surface area contributed by atoms with Gasteiger partial charge in [0.05, 0.1) is 18.3 Å². The summed E-state index contributed by atoms with van der Waals surface area (Å²) in [6.07, 6.45) is 13.5. The number of esters is 1. The van der Waals surface area contributed by atoms with Crippen molar-refractivity contribution < 1.29 is 67.0 Å². The van der Waals surface area contributed by atoms with Crippen LogP contribution in [0.4, 0.5) is 14.5 Å². The lowest BCUT2D eigenvalue weighted by Gasteiger charge is -2.43. The molecule has 4 aliphatic rings. The molecule has 1 aromatic carbocycles. The lowest BCUT2D eigenvalue weighted by Crippen LogP contribution is -2.61. The number of halogens is 2. The largest absolute Gasteiger partial charge is 0.461 e. The lowest BCUT2D eigenvalue weighted by molar-refractivity contribution is -0.263. The van der Waals surface area contributed by atoms with E-state index in [-0.39, 0.29) is 60.7 Å². The summed E-state index contributed by atoms with van der Waals surface area (Å²) in [5.41, 5.74) is 1.85. The zero-order valence-corrected chi connectivity index (χ0v) is 44.6. The number of nitrogens with one attached hydrogen (secondary N) is 1. The molecule has 0 spiro atoms. The molecule has 4 N–H and O–H groups in total. The summed E-state index contributed by atoms with van der Waals surface area (Å²) in [6.45, 7) is 10.3. The maximum absolute atomic E-state index is 14.5. The number of alkyl halides is 2. The summed E-state index contributed by atoms with van der Waals surface area (Å²) in [5.74, 6) is -6.85. The van der Waals surface area contributed by atoms with Crippen LogP contribution in [0.1, 0.15) is 132 Å². The number of carbonyl (C=O) groups is 4. The van der Waals surface area contributed by atoms with Crippen molar-refractivity contribution in [2.75, 3.05) is 26.1 Å². The average Bonchev–Trinajstić information content (AvgIpc) is 3.35. The highest BCUT2D eigenvalue weighted by Gasteiger charge is 2.53. The first-order valence-corrected chi connectivity index (χ1v) is 26.6. The first-order valence-electron chi connectivity index (χ1n) is 26.6. The van der Waals surface area contributed by atoms with Crippen molar-refractivity contribution in [3.63, 3.8) is 0 Å². The second-order valence-corrected chi connectivity index (χ2v) is 21.6. The minimum atomic E-state index is -3.03. The van der Waals surface area contributed by atoms with Gasteiger partial charge in [0.15, 0.2) is 5.78 Å². The number of benzene rings is 1. The zero-order chi connectivity index (χ0) is 53.6. The van der Waals surface area contributed by atoms with E-state index in [2.05, 4.69) is 10.1 Å². The molecule has 1 aromatic rings. The molecular weight excluding hydrogens is 943 g/mol. The number of fused-ring (bicyclic) bond motifs is 3. The number of aliphatic hydroxyl groups excluding tert-OH is 2. The number of ether oxygens (including phenoxy) is 5. The van der Waals surface area contributed by atoms with Crippen molar-refractivity contribution >= 4 is 29.1 Å². The highest BCUT2D eigenvalue weighted by atomic mass is 19.3. The van der Waals surface area contributed by atoms with Gasteiger partial charge in [-0.1, -0.05) is 82.7 Å². The number of amides is 1. The second kappa shape index (κ2) is 28.0. The fourth-order valence-electron chi connectivity index (χ4n) is 11.2. The molecule has 0 radical (unpaired) electrons. The number of anilines is 1. The van der Waals surface area contributed by atoms with E-state index >= 15 is 0 Å². The molecule has 1 aliphatic carbocycles. The number of nitrogens with zero attached hydrogens (tertiary/aromatic N) is 1. The molecule has 408 valence electrons. The number of aliphatic hydroxyl groups is 3. The van der Waals surface area contributed by atoms with Crippen molar-refractivity contribution in [1.29, 1.82) is 0 Å². The normalized spacial score (nSPS) is 37.2. The first kappa shape index (κ1) is 59.6. The molecule has 2 bridgehead atoms. The van der Waals surface area contributed by atoms with E-state index in [1.807, 2.05) is 71.1 Å². The molecule has 3 aliphatic heterocycles. The van der Waals surface area contributed by atoms with E-state index in [9.17, 15) is 43.3 Å². The molecule has 15 atom stereocenters. The third-order valence-corrected chi connectivity index (χ3v) is 15.7. The topological polar surface area (TPSA) is 190 Å². The van der Waals surface area contributed by atoms with Gasteiger partial charge in [0.2, 0.25) is 5.79 Å². The maximum Gasteiger partial charge on any atom is 0.387 e. The molecule has 1 saturated carbocycles. The van der Waals surface area contributed by atoms with E-state index < -0.39 is 84.5 Å². The molecule has 0 unspecified atom stereocenters. The van der Waals surface area contributed by atoms with Crippen LogP contribution >= 0.6 is 0 Å². The third-order valence-electron chi connectivity index (χ3n) is 15.7. The standard InChI is InChI=1S/C57H84F2N2O12/c1-34-16-11-10-12-17-36(3)45(60-42-18-15-19-43(32-42)71-56(58)59)33-44-24-22-40(7)57(68,73-44)53(65)54(66)61-27-14-13-20-46(61)55(67)72-48(37(4)30-41-23-25-47(62)49(31-41)69-8)26-21-35(2)29-39(6)51(64)52(70-9)50(63)38(5)28-34/h10-12,15-19,29,32,34-35,37-38,40-41,44-49,51-52,56,60,62,64,68H,13-14,20-28,30-31,33H2,1-9H3/b12-10+,16-11+,36-17+,39-29+/t34-,35+,37-,38-,40-,41-,44+,45+,46+,47-,48+,49-,51-,52+,57-/m1/s1. The van der Waals surface area contributed by atoms with E-state index in [4.69, 9.17) is 18.9 Å². The number of hydrogen-bond donors (Lipinski definition) is 4. The van der Waals surface area contributed by atoms with E-state index in [0.29, 0.717) is 75.5 Å². The molecule has 14 nitrogen and oxygen atoms in total. The van der Waals surface area contributed by atoms with E-state index in [1.54, 1.807) is 33.1 Å². The van der Waals surface area contributed by atoms with Crippen LogP contribution in [0.25, 0.3) is 0 Å². The van der Waals surface area contributed by atoms with Gasteiger partial charge in [-0.25, -0.2) is 4.79 Å². The van der Waals surface area contributed by atoms with Gasteiger partial charge in [-0.05, 0) is 139 Å². The summed E-state index contributed by atoms with van der Waals surface area (Å²) in [7, 11) is 3.01. The third kappa shape index (κ3) is 16.6. The summed E-state index contributed by atoms with van der Waals surface area (Å²) in [5, 5.41) is 37.7. The number of methoxy groups -OCH3 is 2. The fourth-order valence-corrected chi connectivity index (χ4v) is 11.2. The second-order valence-electron chi connectivity index (χ2n) is 21.6. The van der Waals surface area contributed by atoms with Gasteiger partial charge < -0.3 is 49.2 Å².